The largest absolute Gasteiger partial charge is 0.371 e. The number of para-hydroxylation sites is 1. The first kappa shape index (κ1) is 16.3. The summed E-state index contributed by atoms with van der Waals surface area (Å²) in [6, 6.07) is 11.3. The zero-order chi connectivity index (χ0) is 15.5. The van der Waals surface area contributed by atoms with E-state index in [1.165, 1.54) is 5.69 Å². The van der Waals surface area contributed by atoms with Crippen LogP contribution in [0.1, 0.15) is 33.6 Å². The highest BCUT2D eigenvalue weighted by atomic mass is 15.2. The molecule has 2 N–H and O–H groups in total. The van der Waals surface area contributed by atoms with Gasteiger partial charge < -0.3 is 10.6 Å². The van der Waals surface area contributed by atoms with Gasteiger partial charge in [-0.05, 0) is 44.9 Å². The molecule has 1 aromatic carbocycles. The number of benzene rings is 1. The van der Waals surface area contributed by atoms with Crippen LogP contribution in [0.4, 0.5) is 5.69 Å². The summed E-state index contributed by atoms with van der Waals surface area (Å²) >= 11 is 0. The summed E-state index contributed by atoms with van der Waals surface area (Å²) in [7, 11) is 2.26. The molecular weight excluding hydrogens is 258 g/mol. The predicted octanol–water partition coefficient (Wildman–Crippen LogP) is 2.96. The van der Waals surface area contributed by atoms with Crippen molar-refractivity contribution in [2.45, 2.75) is 45.2 Å². The van der Waals surface area contributed by atoms with E-state index in [0.717, 1.165) is 32.5 Å². The summed E-state index contributed by atoms with van der Waals surface area (Å²) < 4.78 is 0. The summed E-state index contributed by atoms with van der Waals surface area (Å²) in [5.41, 5.74) is 7.70. The third-order valence-corrected chi connectivity index (χ3v) is 5.52. The van der Waals surface area contributed by atoms with Crippen LogP contribution in [0.5, 0.6) is 0 Å². The van der Waals surface area contributed by atoms with Crippen molar-refractivity contribution in [3.8, 4) is 0 Å². The van der Waals surface area contributed by atoms with Gasteiger partial charge >= 0.3 is 0 Å². The Kier molecular flexibility index (Phi) is 5.28. The molecule has 3 heteroatoms. The molecule has 0 bridgehead atoms. The maximum absolute atomic E-state index is 6.20. The van der Waals surface area contributed by atoms with Gasteiger partial charge in [-0.3, -0.25) is 4.90 Å². The van der Waals surface area contributed by atoms with E-state index in [0.29, 0.717) is 12.0 Å². The zero-order valence-corrected chi connectivity index (χ0v) is 14.0. The van der Waals surface area contributed by atoms with Gasteiger partial charge in [0.25, 0.3) is 0 Å². The number of rotatable bonds is 5. The van der Waals surface area contributed by atoms with Crippen LogP contribution in [0.25, 0.3) is 0 Å². The average molecular weight is 289 g/mol. The lowest BCUT2D eigenvalue weighted by molar-refractivity contribution is 0.0428. The second-order valence-electron chi connectivity index (χ2n) is 6.85. The molecule has 0 aliphatic carbocycles. The Balaban J connectivity index is 2.05. The van der Waals surface area contributed by atoms with Crippen LogP contribution in [0.3, 0.4) is 0 Å². The molecule has 1 aliphatic rings. The molecule has 21 heavy (non-hydrogen) atoms. The molecule has 3 nitrogen and oxygen atoms in total. The van der Waals surface area contributed by atoms with Crippen molar-refractivity contribution in [3.63, 3.8) is 0 Å². The minimum absolute atomic E-state index is 0.162. The Bertz CT molecular complexity index is 421. The van der Waals surface area contributed by atoms with Gasteiger partial charge in [0.05, 0.1) is 0 Å². The van der Waals surface area contributed by atoms with Crippen LogP contribution in [0, 0.1) is 5.92 Å². The minimum atomic E-state index is 0.162. The Morgan fingerprint density at radius 2 is 1.71 bits per heavy atom. The van der Waals surface area contributed by atoms with E-state index in [4.69, 9.17) is 5.73 Å². The first-order valence-electron chi connectivity index (χ1n) is 8.23. The molecule has 0 spiro atoms. The second kappa shape index (κ2) is 6.80. The highest BCUT2D eigenvalue weighted by Gasteiger charge is 2.39. The van der Waals surface area contributed by atoms with Crippen molar-refractivity contribution < 1.29 is 0 Å². The monoisotopic (exact) mass is 289 g/mol. The fourth-order valence-corrected chi connectivity index (χ4v) is 3.40. The standard InChI is InChI=1S/C18H31N3/c1-15(2)16(3)20(4)18(14-19)10-12-21(13-11-18)17-8-6-5-7-9-17/h5-9,15-16H,10-14,19H2,1-4H3. The topological polar surface area (TPSA) is 32.5 Å². The van der Waals surface area contributed by atoms with E-state index in [1.54, 1.807) is 0 Å². The third kappa shape index (κ3) is 3.41. The van der Waals surface area contributed by atoms with Crippen molar-refractivity contribution in [2.75, 3.05) is 31.6 Å². The van der Waals surface area contributed by atoms with E-state index in [1.807, 2.05) is 0 Å². The molecule has 2 rings (SSSR count). The van der Waals surface area contributed by atoms with Crippen molar-refractivity contribution >= 4 is 5.69 Å². The molecule has 118 valence electrons. The number of hydrogen-bond donors (Lipinski definition) is 1. The first-order chi connectivity index (χ1) is 10.00. The van der Waals surface area contributed by atoms with Gasteiger partial charge in [-0.1, -0.05) is 32.0 Å². The molecule has 0 amide bonds. The number of nitrogens with two attached hydrogens (primary N) is 1. The molecule has 1 fully saturated rings. The van der Waals surface area contributed by atoms with Crippen LogP contribution in [0.2, 0.25) is 0 Å². The maximum atomic E-state index is 6.20. The van der Waals surface area contributed by atoms with Gasteiger partial charge in [0, 0.05) is 36.9 Å². The molecule has 1 aliphatic heterocycles. The average Bonchev–Trinajstić information content (AvgIpc) is 2.54. The van der Waals surface area contributed by atoms with Gasteiger partial charge in [-0.2, -0.15) is 0 Å². The lowest BCUT2D eigenvalue weighted by atomic mass is 9.83. The highest BCUT2D eigenvalue weighted by molar-refractivity contribution is 5.46. The zero-order valence-electron chi connectivity index (χ0n) is 14.0. The molecule has 1 atom stereocenters. The molecular formula is C18H31N3. The number of anilines is 1. The van der Waals surface area contributed by atoms with Gasteiger partial charge in [0.15, 0.2) is 0 Å². The Morgan fingerprint density at radius 3 is 2.19 bits per heavy atom. The Hall–Kier alpha value is -1.06. The number of piperidine rings is 1. The molecule has 0 aromatic heterocycles. The summed E-state index contributed by atoms with van der Waals surface area (Å²) in [4.78, 5) is 5.03. The third-order valence-electron chi connectivity index (χ3n) is 5.52. The first-order valence-corrected chi connectivity index (χ1v) is 8.23. The summed E-state index contributed by atoms with van der Waals surface area (Å²) in [6.07, 6.45) is 2.29. The fraction of sp³-hybridized carbons (Fsp3) is 0.667. The van der Waals surface area contributed by atoms with Crippen LogP contribution in [0.15, 0.2) is 30.3 Å². The van der Waals surface area contributed by atoms with E-state index >= 15 is 0 Å². The molecule has 0 saturated carbocycles. The van der Waals surface area contributed by atoms with Crippen molar-refractivity contribution in [1.29, 1.82) is 0 Å². The molecule has 1 saturated heterocycles. The lowest BCUT2D eigenvalue weighted by Crippen LogP contribution is -2.61. The second-order valence-corrected chi connectivity index (χ2v) is 6.85. The van der Waals surface area contributed by atoms with Crippen LogP contribution < -0.4 is 10.6 Å². The summed E-state index contributed by atoms with van der Waals surface area (Å²) in [5, 5.41) is 0. The van der Waals surface area contributed by atoms with Crippen LogP contribution in [-0.4, -0.2) is 43.2 Å². The normalized spacial score (nSPS) is 20.0. The SMILES string of the molecule is CC(C)C(C)N(C)C1(CN)CCN(c2ccccc2)CC1. The Morgan fingerprint density at radius 1 is 1.14 bits per heavy atom. The van der Waals surface area contributed by atoms with Crippen molar-refractivity contribution in [2.24, 2.45) is 11.7 Å². The van der Waals surface area contributed by atoms with Crippen LogP contribution in [-0.2, 0) is 0 Å². The molecule has 0 radical (unpaired) electrons. The number of likely N-dealkylation sites (N-methyl/N-ethyl adjacent to an activating group) is 1. The van der Waals surface area contributed by atoms with Crippen LogP contribution >= 0.6 is 0 Å². The number of nitrogens with zero attached hydrogens (tertiary/aromatic N) is 2. The van der Waals surface area contributed by atoms with Crippen molar-refractivity contribution in [3.05, 3.63) is 30.3 Å². The Labute approximate surface area is 130 Å². The highest BCUT2D eigenvalue weighted by Crippen LogP contribution is 2.32. The van der Waals surface area contributed by atoms with E-state index in [9.17, 15) is 0 Å². The maximum Gasteiger partial charge on any atom is 0.0366 e. The molecule has 1 aromatic rings. The quantitative estimate of drug-likeness (QED) is 0.904. The van der Waals surface area contributed by atoms with Gasteiger partial charge in [-0.15, -0.1) is 0 Å². The van der Waals surface area contributed by atoms with E-state index < -0.39 is 0 Å². The summed E-state index contributed by atoms with van der Waals surface area (Å²) in [5.74, 6) is 0.658. The van der Waals surface area contributed by atoms with E-state index in [2.05, 4.69) is 68.0 Å². The van der Waals surface area contributed by atoms with E-state index in [-0.39, 0.29) is 5.54 Å². The molecule has 1 unspecified atom stereocenters. The smallest absolute Gasteiger partial charge is 0.0366 e. The van der Waals surface area contributed by atoms with Gasteiger partial charge in [0.2, 0.25) is 0 Å². The minimum Gasteiger partial charge on any atom is -0.371 e. The fourth-order valence-electron chi connectivity index (χ4n) is 3.40. The van der Waals surface area contributed by atoms with Gasteiger partial charge in [-0.25, -0.2) is 0 Å². The summed E-state index contributed by atoms with van der Waals surface area (Å²) in [6.45, 7) is 9.86. The van der Waals surface area contributed by atoms with Gasteiger partial charge in [0.1, 0.15) is 0 Å². The lowest BCUT2D eigenvalue weighted by Gasteiger charge is -2.50. The molecule has 1 heterocycles. The van der Waals surface area contributed by atoms with Crippen molar-refractivity contribution in [1.82, 2.24) is 4.90 Å². The predicted molar refractivity (Wildman–Crippen MR) is 91.7 cm³/mol. The number of hydrogen-bond acceptors (Lipinski definition) is 3.